The Balaban J connectivity index is 1.56. The Morgan fingerprint density at radius 3 is 2.60 bits per heavy atom. The number of rotatable bonds is 3. The minimum atomic E-state index is 0.123. The predicted octanol–water partition coefficient (Wildman–Crippen LogP) is 2.21. The van der Waals surface area contributed by atoms with Crippen LogP contribution >= 0.6 is 0 Å². The van der Waals surface area contributed by atoms with Gasteiger partial charge in [-0.2, -0.15) is 0 Å². The lowest BCUT2D eigenvalue weighted by Crippen LogP contribution is -2.41. The fraction of sp³-hybridized carbons (Fsp3) is 0.750. The highest BCUT2D eigenvalue weighted by Crippen LogP contribution is 2.28. The highest BCUT2D eigenvalue weighted by molar-refractivity contribution is 5.00. The van der Waals surface area contributed by atoms with Gasteiger partial charge in [-0.3, -0.25) is 9.36 Å². The van der Waals surface area contributed by atoms with Gasteiger partial charge < -0.3 is 4.90 Å². The van der Waals surface area contributed by atoms with Crippen LogP contribution < -0.4 is 5.56 Å². The van der Waals surface area contributed by atoms with Crippen molar-refractivity contribution in [3.63, 3.8) is 0 Å². The zero-order chi connectivity index (χ0) is 13.9. The minimum Gasteiger partial charge on any atom is -0.300 e. The lowest BCUT2D eigenvalue weighted by Gasteiger charge is -2.36. The molecule has 0 radical (unpaired) electrons. The highest BCUT2D eigenvalue weighted by atomic mass is 16.1. The molecule has 4 nitrogen and oxygen atoms in total. The topological polar surface area (TPSA) is 38.1 Å². The van der Waals surface area contributed by atoms with Crippen LogP contribution in [-0.4, -0.2) is 33.6 Å². The van der Waals surface area contributed by atoms with Crippen LogP contribution in [0, 0.1) is 12.8 Å². The molecule has 1 saturated carbocycles. The van der Waals surface area contributed by atoms with E-state index in [9.17, 15) is 4.79 Å². The van der Waals surface area contributed by atoms with E-state index in [1.54, 1.807) is 17.1 Å². The van der Waals surface area contributed by atoms with Gasteiger partial charge >= 0.3 is 0 Å². The average molecular weight is 275 g/mol. The molecule has 0 amide bonds. The van der Waals surface area contributed by atoms with Crippen molar-refractivity contribution < 1.29 is 0 Å². The molecule has 0 unspecified atom stereocenters. The fourth-order valence-electron chi connectivity index (χ4n) is 3.74. The quantitative estimate of drug-likeness (QED) is 0.849. The van der Waals surface area contributed by atoms with E-state index < -0.39 is 0 Å². The third kappa shape index (κ3) is 2.95. The summed E-state index contributed by atoms with van der Waals surface area (Å²) < 4.78 is 1.80. The van der Waals surface area contributed by atoms with Crippen molar-refractivity contribution in [1.29, 1.82) is 0 Å². The number of aryl methyl sites for hydroxylation is 1. The first-order chi connectivity index (χ1) is 9.74. The third-order valence-corrected chi connectivity index (χ3v) is 5.02. The average Bonchev–Trinajstić information content (AvgIpc) is 2.99. The maximum atomic E-state index is 12.0. The van der Waals surface area contributed by atoms with E-state index in [1.807, 2.05) is 6.92 Å². The van der Waals surface area contributed by atoms with Gasteiger partial charge in [0.15, 0.2) is 0 Å². The van der Waals surface area contributed by atoms with Gasteiger partial charge in [0.05, 0.1) is 6.33 Å². The summed E-state index contributed by atoms with van der Waals surface area (Å²) in [6.07, 6.45) is 11.4. The molecule has 2 heterocycles. The molecule has 3 rings (SSSR count). The van der Waals surface area contributed by atoms with Crippen LogP contribution in [0.5, 0.6) is 0 Å². The van der Waals surface area contributed by atoms with Crippen molar-refractivity contribution >= 4 is 0 Å². The lowest BCUT2D eigenvalue weighted by atomic mass is 9.95. The van der Waals surface area contributed by atoms with Crippen molar-refractivity contribution in [3.05, 3.63) is 28.4 Å². The Bertz CT molecular complexity index is 497. The molecule has 110 valence electrons. The summed E-state index contributed by atoms with van der Waals surface area (Å²) >= 11 is 0. The van der Waals surface area contributed by atoms with Gasteiger partial charge in [0.25, 0.3) is 5.56 Å². The number of hydrogen-bond donors (Lipinski definition) is 0. The number of nitrogens with zero attached hydrogens (tertiary/aromatic N) is 3. The van der Waals surface area contributed by atoms with Gasteiger partial charge in [-0.25, -0.2) is 4.98 Å². The molecule has 0 bridgehead atoms. The van der Waals surface area contributed by atoms with E-state index in [0.29, 0.717) is 5.92 Å². The maximum Gasteiger partial charge on any atom is 0.256 e. The van der Waals surface area contributed by atoms with Crippen molar-refractivity contribution in [2.45, 2.75) is 58.0 Å². The molecular weight excluding hydrogens is 250 g/mol. The first-order valence-corrected chi connectivity index (χ1v) is 7.99. The summed E-state index contributed by atoms with van der Waals surface area (Å²) in [7, 11) is 0. The van der Waals surface area contributed by atoms with E-state index in [1.165, 1.54) is 51.6 Å². The summed E-state index contributed by atoms with van der Waals surface area (Å²) in [4.78, 5) is 18.9. The van der Waals surface area contributed by atoms with Gasteiger partial charge in [0.2, 0.25) is 0 Å². The molecule has 1 aliphatic carbocycles. The third-order valence-electron chi connectivity index (χ3n) is 5.02. The second kappa shape index (κ2) is 6.08. The molecule has 1 saturated heterocycles. The van der Waals surface area contributed by atoms with Gasteiger partial charge in [-0.1, -0.05) is 12.8 Å². The second-order valence-corrected chi connectivity index (χ2v) is 6.45. The molecule has 20 heavy (non-hydrogen) atoms. The molecule has 0 N–H and O–H groups in total. The van der Waals surface area contributed by atoms with Crippen molar-refractivity contribution in [2.75, 3.05) is 13.1 Å². The van der Waals surface area contributed by atoms with Gasteiger partial charge in [0.1, 0.15) is 0 Å². The normalized spacial score (nSPS) is 22.4. The van der Waals surface area contributed by atoms with Crippen LogP contribution in [0.3, 0.4) is 0 Å². The highest BCUT2D eigenvalue weighted by Gasteiger charge is 2.27. The Labute approximate surface area is 120 Å². The molecule has 0 atom stereocenters. The number of piperidine rings is 1. The monoisotopic (exact) mass is 275 g/mol. The summed E-state index contributed by atoms with van der Waals surface area (Å²) in [5.41, 5.74) is 0.870. The summed E-state index contributed by atoms with van der Waals surface area (Å²) in [6.45, 7) is 5.10. The molecule has 2 aliphatic rings. The number of likely N-dealkylation sites (tertiary alicyclic amines) is 1. The van der Waals surface area contributed by atoms with E-state index in [2.05, 4.69) is 9.88 Å². The van der Waals surface area contributed by atoms with Crippen molar-refractivity contribution in [3.8, 4) is 0 Å². The summed E-state index contributed by atoms with van der Waals surface area (Å²) in [5, 5.41) is 0. The molecule has 1 aliphatic heterocycles. The van der Waals surface area contributed by atoms with E-state index in [-0.39, 0.29) is 5.56 Å². The zero-order valence-electron chi connectivity index (χ0n) is 12.4. The van der Waals surface area contributed by atoms with E-state index >= 15 is 0 Å². The first kappa shape index (κ1) is 13.8. The van der Waals surface area contributed by atoms with Gasteiger partial charge in [0, 0.05) is 24.3 Å². The zero-order valence-corrected chi connectivity index (χ0v) is 12.4. The summed E-state index contributed by atoms with van der Waals surface area (Å²) in [5.74, 6) is 0.633. The Morgan fingerprint density at radius 2 is 1.90 bits per heavy atom. The molecule has 1 aromatic rings. The first-order valence-electron chi connectivity index (χ1n) is 7.99. The smallest absolute Gasteiger partial charge is 0.256 e. The van der Waals surface area contributed by atoms with Gasteiger partial charge in [-0.05, 0) is 51.6 Å². The largest absolute Gasteiger partial charge is 0.300 e. The molecule has 2 fully saturated rings. The fourth-order valence-corrected chi connectivity index (χ4v) is 3.74. The minimum absolute atomic E-state index is 0.123. The van der Waals surface area contributed by atoms with Crippen LogP contribution in [0.2, 0.25) is 0 Å². The predicted molar refractivity (Wildman–Crippen MR) is 79.8 cm³/mol. The SMILES string of the molecule is Cc1cncn(CC2CCN(C3CCCC3)CC2)c1=O. The molecule has 0 aromatic carbocycles. The lowest BCUT2D eigenvalue weighted by molar-refractivity contribution is 0.127. The summed E-state index contributed by atoms with van der Waals surface area (Å²) in [6, 6.07) is 0.847. The molecule has 4 heteroatoms. The molecule has 0 spiro atoms. The van der Waals surface area contributed by atoms with Crippen molar-refractivity contribution in [1.82, 2.24) is 14.5 Å². The van der Waals surface area contributed by atoms with E-state index in [4.69, 9.17) is 0 Å². The van der Waals surface area contributed by atoms with Crippen LogP contribution in [0.4, 0.5) is 0 Å². The Kier molecular flexibility index (Phi) is 4.20. The van der Waals surface area contributed by atoms with Crippen LogP contribution in [0.25, 0.3) is 0 Å². The van der Waals surface area contributed by atoms with E-state index in [0.717, 1.165) is 18.2 Å². The van der Waals surface area contributed by atoms with Crippen LogP contribution in [0.15, 0.2) is 17.3 Å². The standard InChI is InChI=1S/C16H25N3O/c1-13-10-17-12-19(16(13)20)11-14-6-8-18(9-7-14)15-4-2-3-5-15/h10,12,14-15H,2-9,11H2,1H3. The Morgan fingerprint density at radius 1 is 1.20 bits per heavy atom. The number of aromatic nitrogens is 2. The Hall–Kier alpha value is -1.16. The maximum absolute atomic E-state index is 12.0. The second-order valence-electron chi connectivity index (χ2n) is 6.45. The molecular formula is C16H25N3O. The van der Waals surface area contributed by atoms with Crippen LogP contribution in [-0.2, 0) is 6.54 Å². The molecule has 1 aromatic heterocycles. The van der Waals surface area contributed by atoms with Crippen LogP contribution in [0.1, 0.15) is 44.1 Å². The van der Waals surface area contributed by atoms with Crippen molar-refractivity contribution in [2.24, 2.45) is 5.92 Å². The number of hydrogen-bond acceptors (Lipinski definition) is 3. The van der Waals surface area contributed by atoms with Gasteiger partial charge in [-0.15, -0.1) is 0 Å².